The van der Waals surface area contributed by atoms with Gasteiger partial charge >= 0.3 is 0 Å². The van der Waals surface area contributed by atoms with Gasteiger partial charge in [-0.05, 0) is 36.8 Å². The standard InChI is InChI=1S/C15H17NO4S/c1-10-7-8-11(13(9-10)19-2)20-12-5-4-6-14(15(12)16)21(3,17)18/h4-9H,16H2,1-3H3. The topological polar surface area (TPSA) is 78.6 Å². The van der Waals surface area contributed by atoms with Crippen LogP contribution in [0.3, 0.4) is 0 Å². The molecule has 5 nitrogen and oxygen atoms in total. The summed E-state index contributed by atoms with van der Waals surface area (Å²) in [5.41, 5.74) is 7.00. The molecular weight excluding hydrogens is 290 g/mol. The van der Waals surface area contributed by atoms with Gasteiger partial charge in [-0.1, -0.05) is 12.1 Å². The van der Waals surface area contributed by atoms with Gasteiger partial charge in [0.1, 0.15) is 0 Å². The third kappa shape index (κ3) is 3.28. The van der Waals surface area contributed by atoms with Crippen LogP contribution in [0, 0.1) is 6.92 Å². The molecule has 0 aliphatic rings. The van der Waals surface area contributed by atoms with E-state index in [0.717, 1.165) is 11.8 Å². The molecule has 0 bridgehead atoms. The first-order valence-electron chi connectivity index (χ1n) is 6.24. The van der Waals surface area contributed by atoms with Crippen LogP contribution in [0.2, 0.25) is 0 Å². The summed E-state index contributed by atoms with van der Waals surface area (Å²) in [5, 5.41) is 0. The molecule has 0 fully saturated rings. The van der Waals surface area contributed by atoms with Gasteiger partial charge in [0.05, 0.1) is 17.7 Å². The molecule has 112 valence electrons. The highest BCUT2D eigenvalue weighted by molar-refractivity contribution is 7.90. The van der Waals surface area contributed by atoms with Crippen molar-refractivity contribution in [3.8, 4) is 17.2 Å². The number of nitrogen functional groups attached to an aromatic ring is 1. The first kappa shape index (κ1) is 15.2. The molecule has 0 spiro atoms. The third-order valence-corrected chi connectivity index (χ3v) is 4.12. The summed E-state index contributed by atoms with van der Waals surface area (Å²) in [6, 6.07) is 10.1. The normalized spacial score (nSPS) is 11.2. The summed E-state index contributed by atoms with van der Waals surface area (Å²) >= 11 is 0. The van der Waals surface area contributed by atoms with Gasteiger partial charge in [0, 0.05) is 6.26 Å². The quantitative estimate of drug-likeness (QED) is 0.879. The second-order valence-corrected chi connectivity index (χ2v) is 6.68. The Kier molecular flexibility index (Phi) is 4.09. The minimum Gasteiger partial charge on any atom is -0.493 e. The SMILES string of the molecule is COc1cc(C)ccc1Oc1cccc(S(C)(=O)=O)c1N. The van der Waals surface area contributed by atoms with Crippen LogP contribution in [-0.2, 0) is 9.84 Å². The van der Waals surface area contributed by atoms with Gasteiger partial charge < -0.3 is 15.2 Å². The molecule has 0 heterocycles. The number of ether oxygens (including phenoxy) is 2. The monoisotopic (exact) mass is 307 g/mol. The predicted molar refractivity (Wildman–Crippen MR) is 81.8 cm³/mol. The lowest BCUT2D eigenvalue weighted by Gasteiger charge is -2.14. The highest BCUT2D eigenvalue weighted by Crippen LogP contribution is 2.36. The second-order valence-electron chi connectivity index (χ2n) is 4.70. The van der Waals surface area contributed by atoms with Crippen molar-refractivity contribution in [3.63, 3.8) is 0 Å². The van der Waals surface area contributed by atoms with E-state index >= 15 is 0 Å². The number of para-hydroxylation sites is 1. The lowest BCUT2D eigenvalue weighted by molar-refractivity contribution is 0.379. The average molecular weight is 307 g/mol. The van der Waals surface area contributed by atoms with E-state index in [1.54, 1.807) is 18.2 Å². The number of methoxy groups -OCH3 is 1. The Morgan fingerprint density at radius 2 is 1.76 bits per heavy atom. The van der Waals surface area contributed by atoms with Crippen LogP contribution < -0.4 is 15.2 Å². The molecule has 21 heavy (non-hydrogen) atoms. The Labute approximate surface area is 124 Å². The Hall–Kier alpha value is -2.21. The predicted octanol–water partition coefficient (Wildman–Crippen LogP) is 2.78. The lowest BCUT2D eigenvalue weighted by atomic mass is 10.2. The Balaban J connectivity index is 2.46. The van der Waals surface area contributed by atoms with E-state index in [1.807, 2.05) is 19.1 Å². The van der Waals surface area contributed by atoms with Crippen LogP contribution in [0.4, 0.5) is 5.69 Å². The Morgan fingerprint density at radius 3 is 2.38 bits per heavy atom. The highest BCUT2D eigenvalue weighted by atomic mass is 32.2. The van der Waals surface area contributed by atoms with E-state index in [-0.39, 0.29) is 16.3 Å². The van der Waals surface area contributed by atoms with E-state index in [2.05, 4.69) is 0 Å². The molecular formula is C15H17NO4S. The number of rotatable bonds is 4. The molecule has 2 aromatic rings. The smallest absolute Gasteiger partial charge is 0.177 e. The molecule has 0 aromatic heterocycles. The fourth-order valence-corrected chi connectivity index (χ4v) is 2.74. The second kappa shape index (κ2) is 5.65. The maximum atomic E-state index is 11.7. The summed E-state index contributed by atoms with van der Waals surface area (Å²) in [6.07, 6.45) is 1.11. The number of anilines is 1. The van der Waals surface area contributed by atoms with E-state index in [1.165, 1.54) is 13.2 Å². The average Bonchev–Trinajstić information content (AvgIpc) is 2.41. The van der Waals surface area contributed by atoms with Crippen molar-refractivity contribution >= 4 is 15.5 Å². The summed E-state index contributed by atoms with van der Waals surface area (Å²) in [7, 11) is -1.87. The van der Waals surface area contributed by atoms with E-state index in [4.69, 9.17) is 15.2 Å². The zero-order chi connectivity index (χ0) is 15.6. The van der Waals surface area contributed by atoms with E-state index in [0.29, 0.717) is 11.5 Å². The van der Waals surface area contributed by atoms with Crippen molar-refractivity contribution in [1.82, 2.24) is 0 Å². The van der Waals surface area contributed by atoms with Crippen molar-refractivity contribution in [2.24, 2.45) is 0 Å². The molecule has 2 N–H and O–H groups in total. The van der Waals surface area contributed by atoms with Gasteiger partial charge in [-0.3, -0.25) is 0 Å². The zero-order valence-corrected chi connectivity index (χ0v) is 12.9. The fraction of sp³-hybridized carbons (Fsp3) is 0.200. The van der Waals surface area contributed by atoms with Crippen LogP contribution in [-0.4, -0.2) is 21.8 Å². The minimum absolute atomic E-state index is 0.0473. The number of sulfone groups is 1. The van der Waals surface area contributed by atoms with Gasteiger partial charge in [0.2, 0.25) is 0 Å². The van der Waals surface area contributed by atoms with Crippen molar-refractivity contribution in [3.05, 3.63) is 42.0 Å². The van der Waals surface area contributed by atoms with Gasteiger partial charge in [0.25, 0.3) is 0 Å². The van der Waals surface area contributed by atoms with E-state index < -0.39 is 9.84 Å². The molecule has 6 heteroatoms. The maximum absolute atomic E-state index is 11.7. The largest absolute Gasteiger partial charge is 0.493 e. The first-order chi connectivity index (χ1) is 9.82. The zero-order valence-electron chi connectivity index (χ0n) is 12.1. The third-order valence-electron chi connectivity index (χ3n) is 2.96. The molecule has 0 atom stereocenters. The Bertz CT molecular complexity index is 769. The molecule has 0 unspecified atom stereocenters. The number of benzene rings is 2. The molecule has 2 rings (SSSR count). The van der Waals surface area contributed by atoms with Crippen LogP contribution >= 0.6 is 0 Å². The van der Waals surface area contributed by atoms with Gasteiger partial charge in [0.15, 0.2) is 27.1 Å². The molecule has 0 saturated carbocycles. The highest BCUT2D eigenvalue weighted by Gasteiger charge is 2.16. The van der Waals surface area contributed by atoms with Gasteiger partial charge in [-0.25, -0.2) is 8.42 Å². The van der Waals surface area contributed by atoms with Crippen LogP contribution in [0.1, 0.15) is 5.56 Å². The van der Waals surface area contributed by atoms with Crippen LogP contribution in [0.15, 0.2) is 41.3 Å². The minimum atomic E-state index is -3.41. The molecule has 0 aliphatic heterocycles. The van der Waals surface area contributed by atoms with E-state index in [9.17, 15) is 8.42 Å². The molecule has 2 aromatic carbocycles. The number of hydrogen-bond donors (Lipinski definition) is 1. The first-order valence-corrected chi connectivity index (χ1v) is 8.13. The maximum Gasteiger partial charge on any atom is 0.177 e. The number of nitrogens with two attached hydrogens (primary N) is 1. The molecule has 0 amide bonds. The molecule has 0 radical (unpaired) electrons. The Morgan fingerprint density at radius 1 is 1.05 bits per heavy atom. The number of hydrogen-bond acceptors (Lipinski definition) is 5. The summed E-state index contributed by atoms with van der Waals surface area (Å²) < 4.78 is 34.3. The van der Waals surface area contributed by atoms with Crippen molar-refractivity contribution in [1.29, 1.82) is 0 Å². The fourth-order valence-electron chi connectivity index (χ4n) is 1.91. The molecule has 0 saturated heterocycles. The van der Waals surface area contributed by atoms with Crippen LogP contribution in [0.25, 0.3) is 0 Å². The summed E-state index contributed by atoms with van der Waals surface area (Å²) in [6.45, 7) is 1.94. The van der Waals surface area contributed by atoms with Gasteiger partial charge in [-0.15, -0.1) is 0 Å². The van der Waals surface area contributed by atoms with Crippen molar-refractivity contribution < 1.29 is 17.9 Å². The number of aryl methyl sites for hydroxylation is 1. The molecule has 0 aliphatic carbocycles. The van der Waals surface area contributed by atoms with Crippen molar-refractivity contribution in [2.45, 2.75) is 11.8 Å². The summed E-state index contributed by atoms with van der Waals surface area (Å²) in [5.74, 6) is 1.31. The van der Waals surface area contributed by atoms with Gasteiger partial charge in [-0.2, -0.15) is 0 Å². The van der Waals surface area contributed by atoms with Crippen molar-refractivity contribution in [2.75, 3.05) is 19.1 Å². The summed E-state index contributed by atoms with van der Waals surface area (Å²) in [4.78, 5) is 0.0473. The van der Waals surface area contributed by atoms with Crippen LogP contribution in [0.5, 0.6) is 17.2 Å². The lowest BCUT2D eigenvalue weighted by Crippen LogP contribution is -2.04.